The van der Waals surface area contributed by atoms with Crippen LogP contribution in [-0.4, -0.2) is 40.2 Å². The Morgan fingerprint density at radius 2 is 1.50 bits per heavy atom. The molecular weight excluding hydrogens is 364 g/mol. The van der Waals surface area contributed by atoms with Gasteiger partial charge in [0.2, 0.25) is 5.75 Å². The lowest BCUT2D eigenvalue weighted by Gasteiger charge is -2.12. The molecule has 0 saturated heterocycles. The van der Waals surface area contributed by atoms with Crippen LogP contribution in [0.2, 0.25) is 0 Å². The largest absolute Gasteiger partial charge is 0.550 e. The molecule has 0 atom stereocenters. The van der Waals surface area contributed by atoms with E-state index >= 15 is 0 Å². The van der Waals surface area contributed by atoms with Crippen molar-refractivity contribution >= 4 is 17.8 Å². The first kappa shape index (κ1) is 20.8. The molecule has 0 aromatic heterocycles. The summed E-state index contributed by atoms with van der Waals surface area (Å²) in [6.07, 6.45) is 2.64. The van der Waals surface area contributed by atoms with Gasteiger partial charge in [-0.25, -0.2) is 0 Å². The molecule has 0 aliphatic heterocycles. The van der Waals surface area contributed by atoms with Crippen LogP contribution in [0.25, 0.3) is 6.08 Å². The second-order valence-electron chi connectivity index (χ2n) is 5.73. The number of aliphatic carboxylic acids is 1. The molecule has 0 aliphatic carbocycles. The standard InChI is InChI=1S/C21H22O7/c1-25-17-8-6-14(11-15(17)12-20(23)24)16(22)7-5-13-9-18(26-2)21(28-4)19(10-13)27-3/h5-11H,12H2,1-4H3,(H,23,24)/p-1/b7-5+. The van der Waals surface area contributed by atoms with Gasteiger partial charge in [-0.05, 0) is 42.0 Å². The van der Waals surface area contributed by atoms with Crippen molar-refractivity contribution in [3.8, 4) is 23.0 Å². The molecule has 0 radical (unpaired) electrons. The van der Waals surface area contributed by atoms with Crippen molar-refractivity contribution in [3.63, 3.8) is 0 Å². The van der Waals surface area contributed by atoms with Crippen LogP contribution in [0, 0.1) is 0 Å². The average molecular weight is 385 g/mol. The minimum absolute atomic E-state index is 0.295. The van der Waals surface area contributed by atoms with Gasteiger partial charge in [0.05, 0.1) is 28.4 Å². The first-order valence-electron chi connectivity index (χ1n) is 8.32. The van der Waals surface area contributed by atoms with E-state index in [0.29, 0.717) is 39.7 Å². The van der Waals surface area contributed by atoms with E-state index in [1.54, 1.807) is 30.3 Å². The Hall–Kier alpha value is -3.48. The Morgan fingerprint density at radius 1 is 0.893 bits per heavy atom. The molecule has 28 heavy (non-hydrogen) atoms. The molecule has 2 aromatic carbocycles. The number of ketones is 1. The van der Waals surface area contributed by atoms with Crippen LogP contribution in [0.3, 0.4) is 0 Å². The van der Waals surface area contributed by atoms with Crippen LogP contribution in [0.5, 0.6) is 23.0 Å². The zero-order valence-electron chi connectivity index (χ0n) is 16.1. The van der Waals surface area contributed by atoms with E-state index in [2.05, 4.69) is 0 Å². The van der Waals surface area contributed by atoms with Gasteiger partial charge >= 0.3 is 0 Å². The summed E-state index contributed by atoms with van der Waals surface area (Å²) in [4.78, 5) is 23.4. The Morgan fingerprint density at radius 3 is 2.00 bits per heavy atom. The van der Waals surface area contributed by atoms with Crippen molar-refractivity contribution in [1.29, 1.82) is 0 Å². The van der Waals surface area contributed by atoms with Crippen LogP contribution < -0.4 is 24.1 Å². The van der Waals surface area contributed by atoms with Gasteiger partial charge < -0.3 is 28.8 Å². The van der Waals surface area contributed by atoms with Gasteiger partial charge in [-0.3, -0.25) is 4.79 Å². The monoisotopic (exact) mass is 385 g/mol. The van der Waals surface area contributed by atoms with Crippen molar-refractivity contribution in [2.45, 2.75) is 6.42 Å². The molecule has 0 aliphatic rings. The second-order valence-corrected chi connectivity index (χ2v) is 5.73. The normalized spacial score (nSPS) is 10.6. The first-order valence-corrected chi connectivity index (χ1v) is 8.32. The second kappa shape index (κ2) is 9.45. The number of rotatable bonds is 9. The molecule has 0 bridgehead atoms. The van der Waals surface area contributed by atoms with Gasteiger partial charge in [-0.15, -0.1) is 0 Å². The quantitative estimate of drug-likeness (QED) is 0.481. The number of ether oxygens (including phenoxy) is 4. The van der Waals surface area contributed by atoms with Crippen molar-refractivity contribution in [2.75, 3.05) is 28.4 Å². The zero-order valence-corrected chi connectivity index (χ0v) is 16.1. The lowest BCUT2D eigenvalue weighted by molar-refractivity contribution is -0.304. The maximum Gasteiger partial charge on any atom is 0.203 e. The molecule has 7 heteroatoms. The summed E-state index contributed by atoms with van der Waals surface area (Å²) in [5.74, 6) is 0.223. The van der Waals surface area contributed by atoms with Crippen LogP contribution >= 0.6 is 0 Å². The molecule has 7 nitrogen and oxygen atoms in total. The number of allylic oxidation sites excluding steroid dienone is 1. The lowest BCUT2D eigenvalue weighted by Crippen LogP contribution is -2.24. The summed E-state index contributed by atoms with van der Waals surface area (Å²) in [5.41, 5.74) is 1.38. The van der Waals surface area contributed by atoms with Gasteiger partial charge in [-0.1, -0.05) is 6.08 Å². The summed E-state index contributed by atoms with van der Waals surface area (Å²) in [6, 6.07) is 8.02. The maximum atomic E-state index is 12.5. The van der Waals surface area contributed by atoms with E-state index in [-0.39, 0.29) is 12.2 Å². The fourth-order valence-electron chi connectivity index (χ4n) is 2.69. The molecule has 0 amide bonds. The van der Waals surface area contributed by atoms with Crippen molar-refractivity contribution in [3.05, 3.63) is 53.1 Å². The fourth-order valence-corrected chi connectivity index (χ4v) is 2.69. The smallest absolute Gasteiger partial charge is 0.203 e. The maximum absolute atomic E-state index is 12.5. The van der Waals surface area contributed by atoms with Crippen molar-refractivity contribution in [2.24, 2.45) is 0 Å². The topological polar surface area (TPSA) is 94.1 Å². The van der Waals surface area contributed by atoms with Crippen LogP contribution in [-0.2, 0) is 11.2 Å². The number of carbonyl (C=O) groups excluding carboxylic acids is 2. The first-order chi connectivity index (χ1) is 13.4. The molecule has 0 unspecified atom stereocenters. The van der Waals surface area contributed by atoms with Gasteiger partial charge in [-0.2, -0.15) is 0 Å². The Balaban J connectivity index is 2.32. The molecule has 2 aromatic rings. The van der Waals surface area contributed by atoms with E-state index in [4.69, 9.17) is 18.9 Å². The van der Waals surface area contributed by atoms with Crippen LogP contribution in [0.15, 0.2) is 36.4 Å². The van der Waals surface area contributed by atoms with Gasteiger partial charge in [0.25, 0.3) is 0 Å². The molecule has 0 saturated carbocycles. The summed E-state index contributed by atoms with van der Waals surface area (Å²) in [7, 11) is 5.95. The van der Waals surface area contributed by atoms with Gasteiger partial charge in [0, 0.05) is 23.5 Å². The number of methoxy groups -OCH3 is 4. The zero-order chi connectivity index (χ0) is 20.7. The summed E-state index contributed by atoms with van der Waals surface area (Å²) in [6.45, 7) is 0. The number of carboxylic acids is 1. The number of hydrogen-bond acceptors (Lipinski definition) is 7. The highest BCUT2D eigenvalue weighted by Crippen LogP contribution is 2.38. The molecule has 0 spiro atoms. The summed E-state index contributed by atoms with van der Waals surface area (Å²) < 4.78 is 21.0. The summed E-state index contributed by atoms with van der Waals surface area (Å²) >= 11 is 0. The third kappa shape index (κ3) is 4.82. The molecule has 0 heterocycles. The minimum Gasteiger partial charge on any atom is -0.550 e. The third-order valence-electron chi connectivity index (χ3n) is 4.01. The van der Waals surface area contributed by atoms with E-state index in [1.807, 2.05) is 0 Å². The number of carboxylic acid groups (broad SMARTS) is 1. The van der Waals surface area contributed by atoms with E-state index in [9.17, 15) is 14.7 Å². The highest BCUT2D eigenvalue weighted by molar-refractivity contribution is 6.07. The average Bonchev–Trinajstić information content (AvgIpc) is 2.70. The number of benzene rings is 2. The van der Waals surface area contributed by atoms with Gasteiger partial charge in [0.15, 0.2) is 17.3 Å². The van der Waals surface area contributed by atoms with Gasteiger partial charge in [0.1, 0.15) is 5.75 Å². The molecule has 148 valence electrons. The lowest BCUT2D eigenvalue weighted by atomic mass is 10.0. The Bertz CT molecular complexity index is 875. The highest BCUT2D eigenvalue weighted by Gasteiger charge is 2.13. The van der Waals surface area contributed by atoms with E-state index in [1.165, 1.54) is 40.6 Å². The molecular formula is C21H21O7-. The molecule has 0 fully saturated rings. The van der Waals surface area contributed by atoms with Crippen LogP contribution in [0.4, 0.5) is 0 Å². The fraction of sp³-hybridized carbons (Fsp3) is 0.238. The van der Waals surface area contributed by atoms with E-state index in [0.717, 1.165) is 0 Å². The van der Waals surface area contributed by atoms with E-state index < -0.39 is 5.97 Å². The van der Waals surface area contributed by atoms with Crippen molar-refractivity contribution < 1.29 is 33.6 Å². The Labute approximate surface area is 163 Å². The predicted octanol–water partition coefficient (Wildman–Crippen LogP) is 1.91. The van der Waals surface area contributed by atoms with Crippen LogP contribution in [0.1, 0.15) is 21.5 Å². The highest BCUT2D eigenvalue weighted by atomic mass is 16.5. The number of hydrogen-bond donors (Lipinski definition) is 0. The number of carbonyl (C=O) groups is 2. The molecule has 2 rings (SSSR count). The SMILES string of the molecule is COc1ccc(C(=O)/C=C/c2cc(OC)c(OC)c(OC)c2)cc1CC(=O)[O-]. The predicted molar refractivity (Wildman–Crippen MR) is 101 cm³/mol. The summed E-state index contributed by atoms with van der Waals surface area (Å²) in [5, 5.41) is 10.9. The Kier molecular flexibility index (Phi) is 7.03. The van der Waals surface area contributed by atoms with Crippen molar-refractivity contribution in [1.82, 2.24) is 0 Å². The minimum atomic E-state index is -1.25. The third-order valence-corrected chi connectivity index (χ3v) is 4.01. The molecule has 0 N–H and O–H groups in total.